The van der Waals surface area contributed by atoms with Gasteiger partial charge in [0.15, 0.2) is 0 Å². The molecule has 0 aliphatic carbocycles. The summed E-state index contributed by atoms with van der Waals surface area (Å²) in [6, 6.07) is 10.6. The highest BCUT2D eigenvalue weighted by Gasteiger charge is 2.25. The molecule has 3 heteroatoms. The number of hydrogen-bond donors (Lipinski definition) is 0. The smallest absolute Gasteiger partial charge is 0.0705 e. The second-order valence-corrected chi connectivity index (χ2v) is 6.92. The first-order valence-corrected chi connectivity index (χ1v) is 7.84. The highest BCUT2D eigenvalue weighted by Crippen LogP contribution is 2.20. The summed E-state index contributed by atoms with van der Waals surface area (Å²) in [4.78, 5) is 9.59. The lowest BCUT2D eigenvalue weighted by Gasteiger charge is -2.42. The molecule has 3 nitrogen and oxygen atoms in total. The van der Waals surface area contributed by atoms with Crippen molar-refractivity contribution in [3.8, 4) is 0 Å². The van der Waals surface area contributed by atoms with E-state index in [2.05, 4.69) is 65.9 Å². The molecule has 0 amide bonds. The van der Waals surface area contributed by atoms with Gasteiger partial charge in [0.2, 0.25) is 0 Å². The van der Waals surface area contributed by atoms with Gasteiger partial charge in [-0.2, -0.15) is 0 Å². The Morgan fingerprint density at radius 3 is 2.43 bits per heavy atom. The van der Waals surface area contributed by atoms with Crippen LogP contribution in [-0.2, 0) is 6.54 Å². The zero-order valence-electron chi connectivity index (χ0n) is 13.3. The van der Waals surface area contributed by atoms with E-state index in [-0.39, 0.29) is 5.54 Å². The van der Waals surface area contributed by atoms with Crippen LogP contribution in [-0.4, -0.2) is 46.5 Å². The van der Waals surface area contributed by atoms with Crippen LogP contribution in [0.2, 0.25) is 0 Å². The molecule has 2 heterocycles. The topological polar surface area (TPSA) is 19.4 Å². The molecule has 1 aromatic heterocycles. The Morgan fingerprint density at radius 1 is 1.00 bits per heavy atom. The zero-order valence-corrected chi connectivity index (χ0v) is 13.3. The normalized spacial score (nSPS) is 18.2. The largest absolute Gasteiger partial charge is 0.297 e. The lowest BCUT2D eigenvalue weighted by Crippen LogP contribution is -2.53. The van der Waals surface area contributed by atoms with E-state index in [0.29, 0.717) is 0 Å². The van der Waals surface area contributed by atoms with Crippen molar-refractivity contribution in [2.75, 3.05) is 26.2 Å². The fourth-order valence-electron chi connectivity index (χ4n) is 3.11. The average molecular weight is 283 g/mol. The number of rotatable bonds is 2. The Kier molecular flexibility index (Phi) is 3.96. The Balaban J connectivity index is 1.70. The molecule has 0 unspecified atom stereocenters. The number of fused-ring (bicyclic) bond motifs is 1. The molecule has 2 aromatic rings. The number of pyridine rings is 1. The molecule has 1 fully saturated rings. The first-order chi connectivity index (χ1) is 10.0. The fraction of sp³-hybridized carbons (Fsp3) is 0.500. The van der Waals surface area contributed by atoms with E-state index < -0.39 is 0 Å². The minimum absolute atomic E-state index is 0.287. The van der Waals surface area contributed by atoms with Crippen LogP contribution in [0.3, 0.4) is 0 Å². The van der Waals surface area contributed by atoms with Crippen molar-refractivity contribution in [1.82, 2.24) is 14.8 Å². The first-order valence-electron chi connectivity index (χ1n) is 7.84. The number of nitrogens with zero attached hydrogens (tertiary/aromatic N) is 3. The summed E-state index contributed by atoms with van der Waals surface area (Å²) in [7, 11) is 0. The van der Waals surface area contributed by atoms with Crippen LogP contribution in [0.5, 0.6) is 0 Å². The predicted octanol–water partition coefficient (Wildman–Crippen LogP) is 3.15. The quantitative estimate of drug-likeness (QED) is 0.844. The molecule has 1 aliphatic rings. The van der Waals surface area contributed by atoms with Crippen molar-refractivity contribution in [3.05, 3.63) is 42.1 Å². The molecule has 21 heavy (non-hydrogen) atoms. The number of aromatic nitrogens is 1. The maximum atomic E-state index is 4.45. The number of piperazine rings is 1. The number of benzene rings is 1. The molecule has 0 radical (unpaired) electrons. The van der Waals surface area contributed by atoms with E-state index >= 15 is 0 Å². The van der Waals surface area contributed by atoms with Crippen molar-refractivity contribution in [3.63, 3.8) is 0 Å². The lowest BCUT2D eigenvalue weighted by molar-refractivity contribution is 0.0592. The van der Waals surface area contributed by atoms with Crippen LogP contribution in [0, 0.1) is 0 Å². The molecular formula is C18H25N3. The Bertz CT molecular complexity index is 602. The summed E-state index contributed by atoms with van der Waals surface area (Å²) in [5, 5.41) is 1.29. The van der Waals surface area contributed by atoms with Gasteiger partial charge in [0, 0.05) is 49.8 Å². The van der Waals surface area contributed by atoms with Gasteiger partial charge in [0.05, 0.1) is 5.52 Å². The number of hydrogen-bond acceptors (Lipinski definition) is 3. The van der Waals surface area contributed by atoms with Gasteiger partial charge >= 0.3 is 0 Å². The summed E-state index contributed by atoms with van der Waals surface area (Å²) in [6.45, 7) is 12.6. The molecule has 112 valence electrons. The molecule has 0 bridgehead atoms. The second-order valence-electron chi connectivity index (χ2n) is 6.92. The molecule has 0 atom stereocenters. The Morgan fingerprint density at radius 2 is 1.71 bits per heavy atom. The Hall–Kier alpha value is -1.45. The van der Waals surface area contributed by atoms with Gasteiger partial charge in [-0.25, -0.2) is 0 Å². The summed E-state index contributed by atoms with van der Waals surface area (Å²) in [5.74, 6) is 0. The van der Waals surface area contributed by atoms with Crippen LogP contribution in [0.25, 0.3) is 10.9 Å². The van der Waals surface area contributed by atoms with Crippen molar-refractivity contribution in [1.29, 1.82) is 0 Å². The van der Waals surface area contributed by atoms with E-state index in [9.17, 15) is 0 Å². The zero-order chi connectivity index (χ0) is 14.9. The average Bonchev–Trinajstić information content (AvgIpc) is 2.47. The fourth-order valence-corrected chi connectivity index (χ4v) is 3.11. The third-order valence-electron chi connectivity index (χ3n) is 4.45. The maximum absolute atomic E-state index is 4.45. The van der Waals surface area contributed by atoms with Crippen LogP contribution < -0.4 is 0 Å². The molecule has 1 saturated heterocycles. The van der Waals surface area contributed by atoms with Gasteiger partial charge in [0.1, 0.15) is 0 Å². The standard InChI is InChI=1S/C18H25N3/c1-18(2,3)21-12-10-20(11-13-21)14-15-8-9-19-17-7-5-4-6-16(15)17/h4-9H,10-14H2,1-3H3. The van der Waals surface area contributed by atoms with Crippen molar-refractivity contribution in [2.24, 2.45) is 0 Å². The molecule has 1 aliphatic heterocycles. The van der Waals surface area contributed by atoms with Crippen LogP contribution >= 0.6 is 0 Å². The molecule has 0 N–H and O–H groups in total. The van der Waals surface area contributed by atoms with Gasteiger partial charge in [-0.3, -0.25) is 14.8 Å². The molecular weight excluding hydrogens is 258 g/mol. The van der Waals surface area contributed by atoms with E-state index in [0.717, 1.165) is 38.2 Å². The summed E-state index contributed by atoms with van der Waals surface area (Å²) < 4.78 is 0. The van der Waals surface area contributed by atoms with E-state index in [1.165, 1.54) is 10.9 Å². The number of para-hydroxylation sites is 1. The lowest BCUT2D eigenvalue weighted by atomic mass is 10.0. The van der Waals surface area contributed by atoms with E-state index in [1.807, 2.05) is 6.20 Å². The van der Waals surface area contributed by atoms with Gasteiger partial charge in [-0.15, -0.1) is 0 Å². The monoisotopic (exact) mass is 283 g/mol. The van der Waals surface area contributed by atoms with E-state index in [1.54, 1.807) is 0 Å². The van der Waals surface area contributed by atoms with E-state index in [4.69, 9.17) is 0 Å². The minimum atomic E-state index is 0.287. The van der Waals surface area contributed by atoms with Gasteiger partial charge < -0.3 is 0 Å². The maximum Gasteiger partial charge on any atom is 0.0705 e. The highest BCUT2D eigenvalue weighted by atomic mass is 15.3. The van der Waals surface area contributed by atoms with Gasteiger partial charge in [-0.1, -0.05) is 18.2 Å². The molecule has 0 saturated carbocycles. The second kappa shape index (κ2) is 5.74. The Labute approximate surface area is 127 Å². The van der Waals surface area contributed by atoms with Crippen LogP contribution in [0.1, 0.15) is 26.3 Å². The third kappa shape index (κ3) is 3.25. The van der Waals surface area contributed by atoms with Crippen LogP contribution in [0.15, 0.2) is 36.5 Å². The van der Waals surface area contributed by atoms with Crippen molar-refractivity contribution < 1.29 is 0 Å². The summed E-state index contributed by atoms with van der Waals surface area (Å²) >= 11 is 0. The molecule has 3 rings (SSSR count). The first kappa shape index (κ1) is 14.5. The minimum Gasteiger partial charge on any atom is -0.297 e. The van der Waals surface area contributed by atoms with Crippen molar-refractivity contribution in [2.45, 2.75) is 32.9 Å². The third-order valence-corrected chi connectivity index (χ3v) is 4.45. The van der Waals surface area contributed by atoms with Gasteiger partial charge in [-0.05, 0) is 38.5 Å². The van der Waals surface area contributed by atoms with Crippen molar-refractivity contribution >= 4 is 10.9 Å². The molecule has 1 aromatic carbocycles. The SMILES string of the molecule is CC(C)(C)N1CCN(Cc2ccnc3ccccc23)CC1. The highest BCUT2D eigenvalue weighted by molar-refractivity contribution is 5.81. The molecule has 0 spiro atoms. The van der Waals surface area contributed by atoms with Gasteiger partial charge in [0.25, 0.3) is 0 Å². The summed E-state index contributed by atoms with van der Waals surface area (Å²) in [5.41, 5.74) is 2.78. The summed E-state index contributed by atoms with van der Waals surface area (Å²) in [6.07, 6.45) is 1.93. The van der Waals surface area contributed by atoms with Crippen LogP contribution in [0.4, 0.5) is 0 Å². The predicted molar refractivity (Wildman–Crippen MR) is 88.3 cm³/mol.